The Hall–Kier alpha value is -3.11. The summed E-state index contributed by atoms with van der Waals surface area (Å²) < 4.78 is 36.0. The summed E-state index contributed by atoms with van der Waals surface area (Å²) >= 11 is 0. The number of anilines is 2. The van der Waals surface area contributed by atoms with Gasteiger partial charge in [-0.2, -0.15) is 0 Å². The van der Waals surface area contributed by atoms with E-state index in [1.165, 1.54) is 14.2 Å². The van der Waals surface area contributed by atoms with Gasteiger partial charge in [-0.3, -0.25) is 13.9 Å². The quantitative estimate of drug-likeness (QED) is 0.535. The lowest BCUT2D eigenvalue weighted by molar-refractivity contribution is -0.114. The molecular weight excluding hydrogens is 422 g/mol. The molecule has 0 unspecified atom stereocenters. The van der Waals surface area contributed by atoms with Gasteiger partial charge in [0.15, 0.2) is 0 Å². The largest absolute Gasteiger partial charge is 0.495 e. The van der Waals surface area contributed by atoms with E-state index in [-0.39, 0.29) is 22.8 Å². The molecule has 0 bridgehead atoms. The molecule has 2 aromatic carbocycles. The smallest absolute Gasteiger partial charge is 0.253 e. The van der Waals surface area contributed by atoms with Crippen LogP contribution in [0, 0.1) is 6.92 Å². The number of amides is 2. The lowest BCUT2D eigenvalue weighted by atomic mass is 10.1. The Morgan fingerprint density at radius 1 is 1.10 bits per heavy atom. The summed E-state index contributed by atoms with van der Waals surface area (Å²) in [5.41, 5.74) is 1.59. The zero-order chi connectivity index (χ0) is 23.0. The van der Waals surface area contributed by atoms with Crippen molar-refractivity contribution in [1.82, 2.24) is 5.32 Å². The summed E-state index contributed by atoms with van der Waals surface area (Å²) in [6.45, 7) is 1.98. The lowest BCUT2D eigenvalue weighted by Gasteiger charge is -2.24. The monoisotopic (exact) mass is 449 g/mol. The molecule has 0 heterocycles. The molecule has 10 heteroatoms. The molecule has 0 saturated heterocycles. The highest BCUT2D eigenvalue weighted by molar-refractivity contribution is 7.92. The number of nitrogens with zero attached hydrogens (tertiary/aromatic N) is 1. The third-order valence-corrected chi connectivity index (χ3v) is 5.45. The van der Waals surface area contributed by atoms with Gasteiger partial charge in [0.25, 0.3) is 5.91 Å². The van der Waals surface area contributed by atoms with Crippen LogP contribution in [0.3, 0.4) is 0 Å². The Bertz CT molecular complexity index is 1040. The number of hydrogen-bond donors (Lipinski definition) is 2. The van der Waals surface area contributed by atoms with E-state index in [0.717, 1.165) is 16.1 Å². The van der Waals surface area contributed by atoms with Crippen LogP contribution in [-0.2, 0) is 19.6 Å². The second-order valence-corrected chi connectivity index (χ2v) is 8.69. The molecule has 0 aliphatic heterocycles. The number of para-hydroxylation sites is 1. The maximum atomic E-state index is 12.8. The van der Waals surface area contributed by atoms with Gasteiger partial charge >= 0.3 is 0 Å². The van der Waals surface area contributed by atoms with E-state index >= 15 is 0 Å². The summed E-state index contributed by atoms with van der Waals surface area (Å²) in [6.07, 6.45) is 1.01. The van der Waals surface area contributed by atoms with Crippen LogP contribution in [0.2, 0.25) is 0 Å². The van der Waals surface area contributed by atoms with Crippen LogP contribution in [0.15, 0.2) is 42.5 Å². The third-order valence-electron chi connectivity index (χ3n) is 4.33. The maximum Gasteiger partial charge on any atom is 0.253 e. The molecular formula is C21H27N3O6S. The van der Waals surface area contributed by atoms with Crippen LogP contribution >= 0.6 is 0 Å². The number of methoxy groups -OCH3 is 2. The molecule has 168 valence electrons. The Labute approximate surface area is 182 Å². The minimum atomic E-state index is -3.80. The number of nitrogens with one attached hydrogen (secondary N) is 2. The fraction of sp³-hybridized carbons (Fsp3) is 0.333. The molecule has 0 atom stereocenters. The van der Waals surface area contributed by atoms with Gasteiger partial charge in [0.05, 0.1) is 36.9 Å². The summed E-state index contributed by atoms with van der Waals surface area (Å²) in [5, 5.41) is 5.32. The molecule has 9 nitrogen and oxygen atoms in total. The number of ether oxygens (including phenoxy) is 2. The van der Waals surface area contributed by atoms with Crippen molar-refractivity contribution < 1.29 is 27.5 Å². The second-order valence-electron chi connectivity index (χ2n) is 6.79. The molecule has 0 saturated carbocycles. The van der Waals surface area contributed by atoms with E-state index in [4.69, 9.17) is 9.47 Å². The Balaban J connectivity index is 2.26. The van der Waals surface area contributed by atoms with Crippen molar-refractivity contribution in [2.75, 3.05) is 49.8 Å². The number of benzene rings is 2. The van der Waals surface area contributed by atoms with E-state index in [2.05, 4.69) is 10.6 Å². The summed E-state index contributed by atoms with van der Waals surface area (Å²) in [7, 11) is -0.848. The van der Waals surface area contributed by atoms with Crippen LogP contribution in [-0.4, -0.2) is 60.4 Å². The zero-order valence-electron chi connectivity index (χ0n) is 18.0. The lowest BCUT2D eigenvalue weighted by Crippen LogP contribution is -2.38. The first-order chi connectivity index (χ1) is 14.7. The van der Waals surface area contributed by atoms with Crippen LogP contribution < -0.4 is 19.7 Å². The summed E-state index contributed by atoms with van der Waals surface area (Å²) in [4.78, 5) is 25.2. The summed E-state index contributed by atoms with van der Waals surface area (Å²) in [6, 6.07) is 11.5. The SMILES string of the molecule is COCCNC(=O)c1ccccc1NC(=O)CN(c1cc(C)ccc1OC)S(C)(=O)=O. The Morgan fingerprint density at radius 3 is 2.45 bits per heavy atom. The van der Waals surface area contributed by atoms with Crippen molar-refractivity contribution >= 4 is 33.2 Å². The second kappa shape index (κ2) is 10.8. The van der Waals surface area contributed by atoms with Crippen molar-refractivity contribution in [2.45, 2.75) is 6.92 Å². The van der Waals surface area contributed by atoms with Gasteiger partial charge in [-0.15, -0.1) is 0 Å². The Morgan fingerprint density at radius 2 is 1.81 bits per heavy atom. The van der Waals surface area contributed by atoms with Crippen LogP contribution in [0.4, 0.5) is 11.4 Å². The molecule has 2 amide bonds. The molecule has 2 N–H and O–H groups in total. The highest BCUT2D eigenvalue weighted by Gasteiger charge is 2.25. The highest BCUT2D eigenvalue weighted by atomic mass is 32.2. The van der Waals surface area contributed by atoms with Crippen LogP contribution in [0.1, 0.15) is 15.9 Å². The molecule has 0 aromatic heterocycles. The molecule has 0 aliphatic carbocycles. The fourth-order valence-electron chi connectivity index (χ4n) is 2.85. The van der Waals surface area contributed by atoms with E-state index in [0.29, 0.717) is 18.9 Å². The maximum absolute atomic E-state index is 12.8. The van der Waals surface area contributed by atoms with E-state index in [1.54, 1.807) is 42.5 Å². The van der Waals surface area contributed by atoms with Crippen molar-refractivity contribution in [2.24, 2.45) is 0 Å². The molecule has 31 heavy (non-hydrogen) atoms. The van der Waals surface area contributed by atoms with Crippen molar-refractivity contribution in [3.05, 3.63) is 53.6 Å². The van der Waals surface area contributed by atoms with Gasteiger partial charge in [-0.05, 0) is 36.8 Å². The van der Waals surface area contributed by atoms with E-state index in [9.17, 15) is 18.0 Å². The first-order valence-electron chi connectivity index (χ1n) is 9.45. The number of hydrogen-bond acceptors (Lipinski definition) is 6. The molecule has 0 spiro atoms. The first-order valence-corrected chi connectivity index (χ1v) is 11.3. The number of carbonyl (C=O) groups excluding carboxylic acids is 2. The average molecular weight is 450 g/mol. The first kappa shape index (κ1) is 24.2. The Kier molecular flexibility index (Phi) is 8.40. The summed E-state index contributed by atoms with van der Waals surface area (Å²) in [5.74, 6) is -0.666. The number of carbonyl (C=O) groups is 2. The minimum absolute atomic E-state index is 0.255. The normalized spacial score (nSPS) is 11.0. The average Bonchev–Trinajstić information content (AvgIpc) is 2.71. The van der Waals surface area contributed by atoms with Crippen LogP contribution in [0.25, 0.3) is 0 Å². The van der Waals surface area contributed by atoms with Gasteiger partial charge in [0.2, 0.25) is 15.9 Å². The fourth-order valence-corrected chi connectivity index (χ4v) is 3.70. The minimum Gasteiger partial charge on any atom is -0.495 e. The molecule has 2 aromatic rings. The zero-order valence-corrected chi connectivity index (χ0v) is 18.8. The standard InChI is InChI=1S/C21H27N3O6S/c1-15-9-10-19(30-3)18(13-15)24(31(4,27)28)14-20(25)23-17-8-6-5-7-16(17)21(26)22-11-12-29-2/h5-10,13H,11-12,14H2,1-4H3,(H,22,26)(H,23,25). The van der Waals surface area contributed by atoms with Gasteiger partial charge in [0.1, 0.15) is 12.3 Å². The number of rotatable bonds is 10. The van der Waals surface area contributed by atoms with Crippen LogP contribution in [0.5, 0.6) is 5.75 Å². The van der Waals surface area contributed by atoms with E-state index < -0.39 is 22.5 Å². The topological polar surface area (TPSA) is 114 Å². The predicted molar refractivity (Wildman–Crippen MR) is 119 cm³/mol. The van der Waals surface area contributed by atoms with Gasteiger partial charge in [0, 0.05) is 13.7 Å². The van der Waals surface area contributed by atoms with Gasteiger partial charge < -0.3 is 20.1 Å². The number of aryl methyl sites for hydroxylation is 1. The van der Waals surface area contributed by atoms with Crippen molar-refractivity contribution in [1.29, 1.82) is 0 Å². The molecule has 0 aliphatic rings. The molecule has 0 fully saturated rings. The third kappa shape index (κ3) is 6.69. The highest BCUT2D eigenvalue weighted by Crippen LogP contribution is 2.31. The number of sulfonamides is 1. The molecule has 0 radical (unpaired) electrons. The van der Waals surface area contributed by atoms with Gasteiger partial charge in [-0.25, -0.2) is 8.42 Å². The molecule has 2 rings (SSSR count). The van der Waals surface area contributed by atoms with Crippen molar-refractivity contribution in [3.8, 4) is 5.75 Å². The van der Waals surface area contributed by atoms with Crippen molar-refractivity contribution in [3.63, 3.8) is 0 Å². The van der Waals surface area contributed by atoms with E-state index in [1.807, 2.05) is 6.92 Å². The predicted octanol–water partition coefficient (Wildman–Crippen LogP) is 1.78. The van der Waals surface area contributed by atoms with Gasteiger partial charge in [-0.1, -0.05) is 18.2 Å².